The number of hydrogen-bond donors (Lipinski definition) is 2. The largest absolute Gasteiger partial charge is 0.385 e. The number of guanidine groups is 1. The van der Waals surface area contributed by atoms with Gasteiger partial charge in [0, 0.05) is 79.2 Å². The zero-order chi connectivity index (χ0) is 18.5. The lowest BCUT2D eigenvalue weighted by atomic mass is 10.2. The number of piperazine rings is 1. The molecule has 0 radical (unpaired) electrons. The Morgan fingerprint density at radius 2 is 1.88 bits per heavy atom. The molecule has 156 valence electrons. The van der Waals surface area contributed by atoms with Gasteiger partial charge in [-0.05, 0) is 26.9 Å². The Bertz CT molecular complexity index is 364. The second kappa shape index (κ2) is 15.9. The first-order chi connectivity index (χ1) is 12.1. The lowest BCUT2D eigenvalue weighted by Gasteiger charge is -2.37. The highest BCUT2D eigenvalue weighted by Crippen LogP contribution is 2.05. The van der Waals surface area contributed by atoms with E-state index in [1.54, 1.807) is 7.11 Å². The number of nitrogens with one attached hydrogen (secondary N) is 2. The summed E-state index contributed by atoms with van der Waals surface area (Å²) in [4.78, 5) is 11.7. The summed E-state index contributed by atoms with van der Waals surface area (Å²) in [6, 6.07) is 0.522. The fraction of sp³-hybridized carbons (Fsp3) is 0.944. The van der Waals surface area contributed by atoms with Gasteiger partial charge in [-0.2, -0.15) is 0 Å². The first-order valence-corrected chi connectivity index (χ1v) is 9.69. The number of nitrogens with zero attached hydrogens (tertiary/aromatic N) is 4. The van der Waals surface area contributed by atoms with Crippen molar-refractivity contribution in [1.82, 2.24) is 25.3 Å². The summed E-state index contributed by atoms with van der Waals surface area (Å²) in [5.41, 5.74) is 0. The molecule has 0 spiro atoms. The van der Waals surface area contributed by atoms with E-state index in [0.717, 1.165) is 64.8 Å². The van der Waals surface area contributed by atoms with Gasteiger partial charge in [0.25, 0.3) is 0 Å². The maximum atomic E-state index is 5.09. The second-order valence-electron chi connectivity index (χ2n) is 6.85. The van der Waals surface area contributed by atoms with Crippen molar-refractivity contribution in [2.75, 3.05) is 86.7 Å². The van der Waals surface area contributed by atoms with Crippen molar-refractivity contribution < 1.29 is 4.74 Å². The number of rotatable bonds is 11. The smallest absolute Gasteiger partial charge is 0.191 e. The van der Waals surface area contributed by atoms with Crippen LogP contribution in [0.1, 0.15) is 20.3 Å². The molecule has 1 aliphatic rings. The van der Waals surface area contributed by atoms with Crippen LogP contribution in [-0.4, -0.2) is 113 Å². The molecule has 1 fully saturated rings. The molecule has 0 aliphatic carbocycles. The SMILES string of the molecule is CCN1CCN(C(C)CNC(=NC)NCCN(C)CCCOC)CC1.I. The van der Waals surface area contributed by atoms with Crippen molar-refractivity contribution in [2.24, 2.45) is 4.99 Å². The number of hydrogen-bond acceptors (Lipinski definition) is 5. The molecular weight excluding hydrogens is 443 g/mol. The molecule has 8 heteroatoms. The van der Waals surface area contributed by atoms with Crippen LogP contribution in [0, 0.1) is 0 Å². The van der Waals surface area contributed by atoms with Gasteiger partial charge in [-0.15, -0.1) is 24.0 Å². The normalized spacial score (nSPS) is 17.8. The van der Waals surface area contributed by atoms with Gasteiger partial charge in [-0.25, -0.2) is 0 Å². The number of halogens is 1. The predicted octanol–water partition coefficient (Wildman–Crippen LogP) is 0.764. The Kier molecular flexibility index (Phi) is 15.8. The van der Waals surface area contributed by atoms with Crippen LogP contribution >= 0.6 is 24.0 Å². The fourth-order valence-electron chi connectivity index (χ4n) is 3.07. The van der Waals surface area contributed by atoms with Crippen LogP contribution in [0.2, 0.25) is 0 Å². The Morgan fingerprint density at radius 3 is 2.46 bits per heavy atom. The topological polar surface area (TPSA) is 55.4 Å². The number of likely N-dealkylation sites (N-methyl/N-ethyl adjacent to an activating group) is 2. The average Bonchev–Trinajstić information content (AvgIpc) is 2.64. The van der Waals surface area contributed by atoms with E-state index in [1.807, 2.05) is 7.05 Å². The molecule has 1 rings (SSSR count). The third-order valence-corrected chi connectivity index (χ3v) is 4.94. The molecule has 1 saturated heterocycles. The number of ether oxygens (including phenoxy) is 1. The van der Waals surface area contributed by atoms with Crippen LogP contribution in [0.5, 0.6) is 0 Å². The molecule has 0 aromatic heterocycles. The van der Waals surface area contributed by atoms with Crippen LogP contribution < -0.4 is 10.6 Å². The molecule has 1 aliphatic heterocycles. The van der Waals surface area contributed by atoms with E-state index in [-0.39, 0.29) is 24.0 Å². The minimum absolute atomic E-state index is 0. The van der Waals surface area contributed by atoms with Gasteiger partial charge in [0.1, 0.15) is 0 Å². The molecule has 2 N–H and O–H groups in total. The van der Waals surface area contributed by atoms with Crippen molar-refractivity contribution >= 4 is 29.9 Å². The van der Waals surface area contributed by atoms with E-state index in [2.05, 4.69) is 51.2 Å². The molecule has 7 nitrogen and oxygen atoms in total. The van der Waals surface area contributed by atoms with Gasteiger partial charge in [0.05, 0.1) is 0 Å². The molecule has 1 unspecified atom stereocenters. The Labute approximate surface area is 177 Å². The van der Waals surface area contributed by atoms with Crippen molar-refractivity contribution in [2.45, 2.75) is 26.3 Å². The first kappa shape index (κ1) is 25.8. The van der Waals surface area contributed by atoms with E-state index < -0.39 is 0 Å². The number of aliphatic imine (C=N–C) groups is 1. The Balaban J connectivity index is 0.00000625. The Morgan fingerprint density at radius 1 is 1.19 bits per heavy atom. The van der Waals surface area contributed by atoms with Crippen LogP contribution in [0.3, 0.4) is 0 Å². The molecule has 0 bridgehead atoms. The summed E-state index contributed by atoms with van der Waals surface area (Å²) >= 11 is 0. The summed E-state index contributed by atoms with van der Waals surface area (Å²) in [6.45, 7) is 15.1. The minimum Gasteiger partial charge on any atom is -0.385 e. The quantitative estimate of drug-likeness (QED) is 0.196. The molecule has 1 heterocycles. The molecule has 0 aromatic carbocycles. The summed E-state index contributed by atoms with van der Waals surface area (Å²) in [6.07, 6.45) is 1.07. The summed E-state index contributed by atoms with van der Waals surface area (Å²) in [7, 11) is 5.73. The minimum atomic E-state index is 0. The van der Waals surface area contributed by atoms with Gasteiger partial charge in [0.15, 0.2) is 5.96 Å². The summed E-state index contributed by atoms with van der Waals surface area (Å²) in [5, 5.41) is 6.87. The zero-order valence-corrected chi connectivity index (χ0v) is 19.8. The van der Waals surface area contributed by atoms with Crippen molar-refractivity contribution in [3.05, 3.63) is 0 Å². The van der Waals surface area contributed by atoms with Crippen LogP contribution in [0.25, 0.3) is 0 Å². The fourth-order valence-corrected chi connectivity index (χ4v) is 3.07. The van der Waals surface area contributed by atoms with Crippen molar-refractivity contribution in [3.63, 3.8) is 0 Å². The summed E-state index contributed by atoms with van der Waals surface area (Å²) < 4.78 is 5.09. The van der Waals surface area contributed by atoms with Gasteiger partial charge in [-0.1, -0.05) is 6.92 Å². The molecule has 0 aromatic rings. The van der Waals surface area contributed by atoms with Gasteiger partial charge in [0.2, 0.25) is 0 Å². The zero-order valence-electron chi connectivity index (χ0n) is 17.5. The molecule has 26 heavy (non-hydrogen) atoms. The number of methoxy groups -OCH3 is 1. The van der Waals surface area contributed by atoms with Gasteiger partial charge >= 0.3 is 0 Å². The van der Waals surface area contributed by atoms with E-state index >= 15 is 0 Å². The molecule has 1 atom stereocenters. The second-order valence-corrected chi connectivity index (χ2v) is 6.85. The van der Waals surface area contributed by atoms with Crippen LogP contribution in [0.15, 0.2) is 4.99 Å². The molecule has 0 amide bonds. The highest BCUT2D eigenvalue weighted by molar-refractivity contribution is 14.0. The van der Waals surface area contributed by atoms with Crippen molar-refractivity contribution in [3.8, 4) is 0 Å². The lowest BCUT2D eigenvalue weighted by Crippen LogP contribution is -2.53. The van der Waals surface area contributed by atoms with Gasteiger partial charge in [-0.3, -0.25) is 9.89 Å². The summed E-state index contributed by atoms with van der Waals surface area (Å²) in [5.74, 6) is 0.893. The lowest BCUT2D eigenvalue weighted by molar-refractivity contribution is 0.107. The highest BCUT2D eigenvalue weighted by atomic mass is 127. The van der Waals surface area contributed by atoms with E-state index in [4.69, 9.17) is 4.74 Å². The average molecular weight is 484 g/mol. The van der Waals surface area contributed by atoms with Crippen LogP contribution in [0.4, 0.5) is 0 Å². The highest BCUT2D eigenvalue weighted by Gasteiger charge is 2.20. The van der Waals surface area contributed by atoms with E-state index in [0.29, 0.717) is 6.04 Å². The predicted molar refractivity (Wildman–Crippen MR) is 122 cm³/mol. The maximum Gasteiger partial charge on any atom is 0.191 e. The Hall–Kier alpha value is -0.160. The third kappa shape index (κ3) is 10.9. The van der Waals surface area contributed by atoms with Gasteiger partial charge < -0.3 is 25.2 Å². The van der Waals surface area contributed by atoms with E-state index in [9.17, 15) is 0 Å². The van der Waals surface area contributed by atoms with E-state index in [1.165, 1.54) is 13.1 Å². The third-order valence-electron chi connectivity index (χ3n) is 4.94. The van der Waals surface area contributed by atoms with Crippen molar-refractivity contribution in [1.29, 1.82) is 0 Å². The standard InChI is InChI=1S/C18H40N6O.HI/c1-6-23-11-13-24(14-12-23)17(2)16-21-18(19-3)20-8-10-22(4)9-7-15-25-5;/h17H,6-16H2,1-5H3,(H2,19,20,21);1H. The maximum absolute atomic E-state index is 5.09. The molecular formula is C18H41IN6O. The van der Waals surface area contributed by atoms with Crippen LogP contribution in [-0.2, 0) is 4.74 Å². The molecule has 0 saturated carbocycles. The monoisotopic (exact) mass is 484 g/mol. The first-order valence-electron chi connectivity index (χ1n) is 9.69.